The van der Waals surface area contributed by atoms with Crippen molar-refractivity contribution in [2.75, 3.05) is 0 Å². The smallest absolute Gasteiger partial charge is 0.231 e. The number of benzene rings is 2. The molecule has 0 aliphatic carbocycles. The molecule has 4 nitrogen and oxygen atoms in total. The summed E-state index contributed by atoms with van der Waals surface area (Å²) >= 11 is 1.65. The van der Waals surface area contributed by atoms with Crippen LogP contribution in [0, 0.1) is 0 Å². The summed E-state index contributed by atoms with van der Waals surface area (Å²) < 4.78 is 11.6. The van der Waals surface area contributed by atoms with Crippen LogP contribution >= 0.6 is 11.8 Å². The van der Waals surface area contributed by atoms with Gasteiger partial charge < -0.3 is 8.83 Å². The van der Waals surface area contributed by atoms with Crippen LogP contribution in [-0.2, 0) is 5.41 Å². The lowest BCUT2D eigenvalue weighted by atomic mass is 9.85. The van der Waals surface area contributed by atoms with Crippen LogP contribution in [0.15, 0.2) is 74.7 Å². The standard InChI is InChI=1S/C24H20N2O2S/c1-5-29-19-9-6-14(12-17(19)24(2,3)4)21-20-16-7-8-18-15(10-11-27-18)22(16)28-23(20)26-13-25-21/h5-13H,1H2,2-4H3. The Kier molecular flexibility index (Phi) is 4.03. The highest BCUT2D eigenvalue weighted by Gasteiger charge is 2.22. The number of rotatable bonds is 3. The molecule has 2 aromatic carbocycles. The van der Waals surface area contributed by atoms with Crippen LogP contribution in [0.1, 0.15) is 26.3 Å². The molecular formula is C24H20N2O2S. The first-order valence-corrected chi connectivity index (χ1v) is 10.3. The fraction of sp³-hybridized carbons (Fsp3) is 0.167. The lowest BCUT2D eigenvalue weighted by molar-refractivity contribution is 0.578. The van der Waals surface area contributed by atoms with Gasteiger partial charge in [0.15, 0.2) is 0 Å². The maximum Gasteiger partial charge on any atom is 0.231 e. The van der Waals surface area contributed by atoms with Gasteiger partial charge in [0, 0.05) is 15.8 Å². The highest BCUT2D eigenvalue weighted by Crippen LogP contribution is 2.40. The van der Waals surface area contributed by atoms with E-state index >= 15 is 0 Å². The van der Waals surface area contributed by atoms with Crippen LogP contribution in [0.25, 0.3) is 44.3 Å². The zero-order valence-corrected chi connectivity index (χ0v) is 17.3. The summed E-state index contributed by atoms with van der Waals surface area (Å²) in [6, 6.07) is 12.4. The van der Waals surface area contributed by atoms with Crippen LogP contribution in [0.4, 0.5) is 0 Å². The Morgan fingerprint density at radius 2 is 1.90 bits per heavy atom. The molecule has 5 heteroatoms. The lowest BCUT2D eigenvalue weighted by Gasteiger charge is -2.23. The summed E-state index contributed by atoms with van der Waals surface area (Å²) in [7, 11) is 0. The molecule has 0 saturated carbocycles. The van der Waals surface area contributed by atoms with Crippen LogP contribution in [0.5, 0.6) is 0 Å². The molecule has 0 saturated heterocycles. The molecule has 0 fully saturated rings. The molecule has 5 rings (SSSR count). The molecule has 3 heterocycles. The van der Waals surface area contributed by atoms with Gasteiger partial charge in [0.05, 0.1) is 22.7 Å². The number of thioether (sulfide) groups is 1. The third-order valence-corrected chi connectivity index (χ3v) is 5.91. The maximum absolute atomic E-state index is 6.12. The van der Waals surface area contributed by atoms with E-state index in [9.17, 15) is 0 Å². The van der Waals surface area contributed by atoms with Crippen molar-refractivity contribution in [2.45, 2.75) is 31.1 Å². The Labute approximate surface area is 172 Å². The minimum atomic E-state index is -0.00504. The van der Waals surface area contributed by atoms with Crippen LogP contribution in [0.3, 0.4) is 0 Å². The highest BCUT2D eigenvalue weighted by molar-refractivity contribution is 8.02. The molecule has 0 unspecified atom stereocenters. The Morgan fingerprint density at radius 1 is 1.03 bits per heavy atom. The predicted octanol–water partition coefficient (Wildman–Crippen LogP) is 7.32. The second-order valence-corrected chi connectivity index (χ2v) is 9.03. The van der Waals surface area contributed by atoms with Gasteiger partial charge >= 0.3 is 0 Å². The van der Waals surface area contributed by atoms with E-state index < -0.39 is 0 Å². The van der Waals surface area contributed by atoms with Crippen molar-refractivity contribution in [3.8, 4) is 11.3 Å². The van der Waals surface area contributed by atoms with E-state index in [1.165, 1.54) is 10.5 Å². The summed E-state index contributed by atoms with van der Waals surface area (Å²) in [5.74, 6) is 0. The van der Waals surface area contributed by atoms with Crippen molar-refractivity contribution in [3.05, 3.63) is 66.5 Å². The summed E-state index contributed by atoms with van der Waals surface area (Å²) in [6.07, 6.45) is 3.24. The molecule has 29 heavy (non-hydrogen) atoms. The second kappa shape index (κ2) is 6.49. The summed E-state index contributed by atoms with van der Waals surface area (Å²) in [4.78, 5) is 10.2. The number of nitrogens with zero attached hydrogens (tertiary/aromatic N) is 2. The van der Waals surface area contributed by atoms with Gasteiger partial charge in [0.1, 0.15) is 17.5 Å². The lowest BCUT2D eigenvalue weighted by Crippen LogP contribution is -2.12. The van der Waals surface area contributed by atoms with E-state index in [-0.39, 0.29) is 5.41 Å². The second-order valence-electron chi connectivity index (χ2n) is 8.02. The normalized spacial score (nSPS) is 12.2. The molecule has 0 amide bonds. The molecule has 144 valence electrons. The first-order chi connectivity index (χ1) is 14.0. The Morgan fingerprint density at radius 3 is 2.69 bits per heavy atom. The van der Waals surface area contributed by atoms with Gasteiger partial charge in [-0.3, -0.25) is 0 Å². The SMILES string of the molecule is C=CSc1ccc(-c2ncnc3oc4c5ccoc5ccc4c23)cc1C(C)(C)C. The van der Waals surface area contributed by atoms with Crippen LogP contribution in [-0.4, -0.2) is 9.97 Å². The molecule has 3 aromatic heterocycles. The third-order valence-electron chi connectivity index (χ3n) is 5.14. The Balaban J connectivity index is 1.81. The predicted molar refractivity (Wildman–Crippen MR) is 119 cm³/mol. The van der Waals surface area contributed by atoms with Gasteiger partial charge in [-0.1, -0.05) is 45.2 Å². The van der Waals surface area contributed by atoms with E-state index in [1.807, 2.05) is 23.6 Å². The van der Waals surface area contributed by atoms with Crippen molar-refractivity contribution < 1.29 is 8.83 Å². The van der Waals surface area contributed by atoms with E-state index in [2.05, 4.69) is 55.5 Å². The number of hydrogen-bond acceptors (Lipinski definition) is 5. The Hall–Kier alpha value is -3.05. The van der Waals surface area contributed by atoms with Crippen LogP contribution in [0.2, 0.25) is 0 Å². The van der Waals surface area contributed by atoms with Gasteiger partial charge in [0.2, 0.25) is 5.71 Å². The van der Waals surface area contributed by atoms with E-state index in [4.69, 9.17) is 8.83 Å². The van der Waals surface area contributed by atoms with Gasteiger partial charge in [0.25, 0.3) is 0 Å². The Bertz CT molecular complexity index is 1390. The minimum Gasteiger partial charge on any atom is -0.464 e. The van der Waals surface area contributed by atoms with Crippen molar-refractivity contribution in [3.63, 3.8) is 0 Å². The topological polar surface area (TPSA) is 52.1 Å². The van der Waals surface area contributed by atoms with Crippen molar-refractivity contribution in [1.82, 2.24) is 9.97 Å². The summed E-state index contributed by atoms with van der Waals surface area (Å²) in [6.45, 7) is 10.5. The highest BCUT2D eigenvalue weighted by atomic mass is 32.2. The van der Waals surface area contributed by atoms with E-state index in [0.29, 0.717) is 5.71 Å². The number of aromatic nitrogens is 2. The zero-order valence-electron chi connectivity index (χ0n) is 16.5. The van der Waals surface area contributed by atoms with Gasteiger partial charge in [-0.15, -0.1) is 0 Å². The molecule has 5 aromatic rings. The van der Waals surface area contributed by atoms with Crippen molar-refractivity contribution in [2.24, 2.45) is 0 Å². The minimum absolute atomic E-state index is 0.00504. The fourth-order valence-electron chi connectivity index (χ4n) is 3.79. The van der Waals surface area contributed by atoms with Gasteiger partial charge in [-0.05, 0) is 46.7 Å². The molecular weight excluding hydrogens is 380 g/mol. The molecule has 0 spiro atoms. The maximum atomic E-state index is 6.12. The van der Waals surface area contributed by atoms with Crippen LogP contribution < -0.4 is 0 Å². The monoisotopic (exact) mass is 400 g/mol. The van der Waals surface area contributed by atoms with Crippen molar-refractivity contribution in [1.29, 1.82) is 0 Å². The summed E-state index contributed by atoms with van der Waals surface area (Å²) in [5.41, 5.74) is 5.34. The molecule has 0 radical (unpaired) electrons. The van der Waals surface area contributed by atoms with E-state index in [0.717, 1.165) is 38.6 Å². The molecule has 0 atom stereocenters. The first kappa shape index (κ1) is 18.0. The number of hydrogen-bond donors (Lipinski definition) is 0. The largest absolute Gasteiger partial charge is 0.464 e. The number of fused-ring (bicyclic) bond motifs is 5. The van der Waals surface area contributed by atoms with Gasteiger partial charge in [-0.2, -0.15) is 0 Å². The average molecular weight is 401 g/mol. The van der Waals surface area contributed by atoms with E-state index in [1.54, 1.807) is 24.4 Å². The van der Waals surface area contributed by atoms with Gasteiger partial charge in [-0.25, -0.2) is 9.97 Å². The molecule has 0 bridgehead atoms. The molecule has 0 aliphatic heterocycles. The third kappa shape index (κ3) is 2.85. The quantitative estimate of drug-likeness (QED) is 0.297. The average Bonchev–Trinajstić information content (AvgIpc) is 3.31. The number of furan rings is 2. The zero-order chi connectivity index (χ0) is 20.2. The fourth-order valence-corrected chi connectivity index (χ4v) is 4.60. The molecule has 0 N–H and O–H groups in total. The first-order valence-electron chi connectivity index (χ1n) is 9.43. The van der Waals surface area contributed by atoms with Crippen molar-refractivity contribution >= 4 is 44.8 Å². The molecule has 0 aliphatic rings. The summed E-state index contributed by atoms with van der Waals surface area (Å²) in [5, 5.41) is 4.73.